The summed E-state index contributed by atoms with van der Waals surface area (Å²) >= 11 is 3.43. The predicted molar refractivity (Wildman–Crippen MR) is 117 cm³/mol. The normalized spacial score (nSPS) is 12.0. The molecule has 0 saturated carbocycles. The number of benzene rings is 2. The van der Waals surface area contributed by atoms with E-state index in [9.17, 15) is 0 Å². The Labute approximate surface area is 180 Å². The van der Waals surface area contributed by atoms with E-state index in [1.807, 2.05) is 61.5 Å². The minimum absolute atomic E-state index is 0.157. The number of aromatic nitrogens is 6. The summed E-state index contributed by atoms with van der Waals surface area (Å²) in [6, 6.07) is 17.7. The van der Waals surface area contributed by atoms with Crippen LogP contribution in [0.15, 0.2) is 76.7 Å². The highest BCUT2D eigenvalue weighted by Crippen LogP contribution is 2.19. The molecule has 0 radical (unpaired) electrons. The van der Waals surface area contributed by atoms with Gasteiger partial charge in [-0.1, -0.05) is 51.4 Å². The Kier molecular flexibility index (Phi) is 4.72. The monoisotopic (exact) mass is 461 g/mol. The molecule has 5 rings (SSSR count). The fourth-order valence-corrected chi connectivity index (χ4v) is 3.38. The summed E-state index contributed by atoms with van der Waals surface area (Å²) in [6.07, 6.45) is 3.38. The molecule has 2 aromatic carbocycles. The van der Waals surface area contributed by atoms with E-state index in [2.05, 4.69) is 41.3 Å². The van der Waals surface area contributed by atoms with Crippen molar-refractivity contribution >= 4 is 38.3 Å². The maximum absolute atomic E-state index is 5.48. The van der Waals surface area contributed by atoms with E-state index < -0.39 is 0 Å². The van der Waals surface area contributed by atoms with Gasteiger partial charge in [-0.25, -0.2) is 19.2 Å². The molecule has 148 valence electrons. The van der Waals surface area contributed by atoms with Crippen LogP contribution < -0.4 is 0 Å². The maximum atomic E-state index is 5.48. The molecule has 3 heterocycles. The molecule has 0 amide bonds. The minimum atomic E-state index is 0.157. The second-order valence-electron chi connectivity index (χ2n) is 6.63. The first-order chi connectivity index (χ1) is 14.7. The summed E-state index contributed by atoms with van der Waals surface area (Å²) in [7, 11) is 0. The fraction of sp³-hybridized carbons (Fsp3) is 0.0952. The van der Waals surface area contributed by atoms with Crippen LogP contribution in [0.1, 0.15) is 18.3 Å². The van der Waals surface area contributed by atoms with E-state index >= 15 is 0 Å². The van der Waals surface area contributed by atoms with E-state index in [1.165, 1.54) is 0 Å². The van der Waals surface area contributed by atoms with Crippen molar-refractivity contribution in [3.05, 3.63) is 83.0 Å². The lowest BCUT2D eigenvalue weighted by molar-refractivity contribution is 0.125. The Hall–Kier alpha value is -3.59. The standard InChI is InChI=1S/C21H16BrN7O/c1-14(15-7-9-16(22)10-8-15)27-30-12-19-25-21-18-11-24-29(17-5-3-2-4-6-17)20(18)23-13-28(21)26-19/h2-11,13H,12H2,1H3. The number of para-hydroxylation sites is 1. The van der Waals surface area contributed by atoms with Crippen molar-refractivity contribution in [2.24, 2.45) is 5.16 Å². The fourth-order valence-electron chi connectivity index (χ4n) is 3.11. The van der Waals surface area contributed by atoms with Crippen LogP contribution >= 0.6 is 15.9 Å². The Balaban J connectivity index is 1.40. The molecule has 0 N–H and O–H groups in total. The van der Waals surface area contributed by atoms with Crippen LogP contribution in [0, 0.1) is 0 Å². The van der Waals surface area contributed by atoms with Crippen molar-refractivity contribution in [3.8, 4) is 5.69 Å². The Morgan fingerprint density at radius 2 is 1.87 bits per heavy atom. The topological polar surface area (TPSA) is 82.5 Å². The third kappa shape index (κ3) is 3.43. The largest absolute Gasteiger partial charge is 0.387 e. The van der Waals surface area contributed by atoms with Gasteiger partial charge < -0.3 is 4.84 Å². The van der Waals surface area contributed by atoms with Gasteiger partial charge in [-0.15, -0.1) is 5.10 Å². The summed E-state index contributed by atoms with van der Waals surface area (Å²) in [5.74, 6) is 0.518. The minimum Gasteiger partial charge on any atom is -0.387 e. The molecule has 0 unspecified atom stereocenters. The average Bonchev–Trinajstić information content (AvgIpc) is 3.38. The van der Waals surface area contributed by atoms with Crippen molar-refractivity contribution in [1.82, 2.24) is 29.4 Å². The van der Waals surface area contributed by atoms with Crippen LogP contribution in [0.3, 0.4) is 0 Å². The molecular weight excluding hydrogens is 446 g/mol. The number of rotatable bonds is 5. The molecular formula is C21H16BrN7O. The smallest absolute Gasteiger partial charge is 0.192 e. The van der Waals surface area contributed by atoms with Crippen molar-refractivity contribution in [2.75, 3.05) is 0 Å². The summed E-state index contributed by atoms with van der Waals surface area (Å²) < 4.78 is 4.43. The third-order valence-corrected chi connectivity index (χ3v) is 5.14. The first-order valence-corrected chi connectivity index (χ1v) is 10.0. The average molecular weight is 462 g/mol. The highest BCUT2D eigenvalue weighted by molar-refractivity contribution is 9.10. The third-order valence-electron chi connectivity index (χ3n) is 4.61. The van der Waals surface area contributed by atoms with Crippen molar-refractivity contribution in [2.45, 2.75) is 13.5 Å². The van der Waals surface area contributed by atoms with Crippen LogP contribution in [0.2, 0.25) is 0 Å². The number of hydrogen-bond donors (Lipinski definition) is 0. The van der Waals surface area contributed by atoms with Gasteiger partial charge >= 0.3 is 0 Å². The number of oxime groups is 1. The SMILES string of the molecule is CC(=NOCc1nc2c3cnn(-c4ccccc4)c3ncn2n1)c1ccc(Br)cc1. The van der Waals surface area contributed by atoms with E-state index in [1.54, 1.807) is 21.7 Å². The van der Waals surface area contributed by atoms with Crippen molar-refractivity contribution < 1.29 is 4.84 Å². The highest BCUT2D eigenvalue weighted by atomic mass is 79.9. The Bertz CT molecular complexity index is 1360. The molecule has 0 fully saturated rings. The van der Waals surface area contributed by atoms with Gasteiger partial charge in [0.1, 0.15) is 6.33 Å². The van der Waals surface area contributed by atoms with Gasteiger partial charge in [-0.2, -0.15) is 5.10 Å². The number of halogens is 1. The highest BCUT2D eigenvalue weighted by Gasteiger charge is 2.13. The van der Waals surface area contributed by atoms with E-state index in [-0.39, 0.29) is 6.61 Å². The molecule has 5 aromatic rings. The molecule has 0 spiro atoms. The summed E-state index contributed by atoms with van der Waals surface area (Å²) in [6.45, 7) is 2.05. The molecule has 0 bridgehead atoms. The zero-order chi connectivity index (χ0) is 20.5. The zero-order valence-corrected chi connectivity index (χ0v) is 17.6. The van der Waals surface area contributed by atoms with Crippen LogP contribution in [0.5, 0.6) is 0 Å². The zero-order valence-electron chi connectivity index (χ0n) is 16.0. The maximum Gasteiger partial charge on any atom is 0.192 e. The first kappa shape index (κ1) is 18.4. The first-order valence-electron chi connectivity index (χ1n) is 9.25. The predicted octanol–water partition coefficient (Wildman–Crippen LogP) is 4.17. The van der Waals surface area contributed by atoms with Gasteiger partial charge in [-0.05, 0) is 36.8 Å². The van der Waals surface area contributed by atoms with Gasteiger partial charge in [0.15, 0.2) is 23.7 Å². The second-order valence-corrected chi connectivity index (χ2v) is 7.54. The number of hydrogen-bond acceptors (Lipinski definition) is 6. The molecule has 0 aliphatic heterocycles. The Morgan fingerprint density at radius 1 is 1.07 bits per heavy atom. The summed E-state index contributed by atoms with van der Waals surface area (Å²) in [5, 5.41) is 13.9. The van der Waals surface area contributed by atoms with Crippen LogP contribution in [0.4, 0.5) is 0 Å². The molecule has 0 atom stereocenters. The van der Waals surface area contributed by atoms with Gasteiger partial charge in [0.05, 0.1) is 23.0 Å². The van der Waals surface area contributed by atoms with Crippen LogP contribution in [0.25, 0.3) is 22.4 Å². The molecule has 0 aliphatic carbocycles. The molecule has 3 aromatic heterocycles. The second kappa shape index (κ2) is 7.68. The van der Waals surface area contributed by atoms with Crippen molar-refractivity contribution in [1.29, 1.82) is 0 Å². The van der Waals surface area contributed by atoms with Crippen molar-refractivity contribution in [3.63, 3.8) is 0 Å². The summed E-state index contributed by atoms with van der Waals surface area (Å²) in [4.78, 5) is 14.6. The molecule has 0 saturated heterocycles. The number of fused-ring (bicyclic) bond motifs is 3. The Morgan fingerprint density at radius 3 is 2.67 bits per heavy atom. The van der Waals surface area contributed by atoms with Crippen LogP contribution in [-0.4, -0.2) is 35.1 Å². The molecule has 9 heteroatoms. The van der Waals surface area contributed by atoms with E-state index in [4.69, 9.17) is 4.84 Å². The molecule has 30 heavy (non-hydrogen) atoms. The van der Waals surface area contributed by atoms with Crippen LogP contribution in [-0.2, 0) is 11.4 Å². The lowest BCUT2D eigenvalue weighted by Crippen LogP contribution is -1.99. The lowest BCUT2D eigenvalue weighted by Gasteiger charge is -2.01. The number of nitrogens with zero attached hydrogens (tertiary/aromatic N) is 7. The lowest BCUT2D eigenvalue weighted by atomic mass is 10.1. The molecule has 8 nitrogen and oxygen atoms in total. The van der Waals surface area contributed by atoms with Gasteiger partial charge in [0.2, 0.25) is 0 Å². The van der Waals surface area contributed by atoms with Gasteiger partial charge in [0.25, 0.3) is 0 Å². The van der Waals surface area contributed by atoms with Gasteiger partial charge in [0, 0.05) is 4.47 Å². The van der Waals surface area contributed by atoms with Gasteiger partial charge in [-0.3, -0.25) is 0 Å². The summed E-state index contributed by atoms with van der Waals surface area (Å²) in [5.41, 5.74) is 4.09. The quantitative estimate of drug-likeness (QED) is 0.289. The molecule has 0 aliphatic rings. The van der Waals surface area contributed by atoms with E-state index in [0.29, 0.717) is 11.5 Å². The van der Waals surface area contributed by atoms with E-state index in [0.717, 1.165) is 32.5 Å².